The monoisotopic (exact) mass is 325 g/mol. The second kappa shape index (κ2) is 9.13. The Bertz CT molecular complexity index is 461. The van der Waals surface area contributed by atoms with Crippen molar-refractivity contribution >= 4 is 18.3 Å². The maximum absolute atomic E-state index is 12.1. The van der Waals surface area contributed by atoms with Gasteiger partial charge in [-0.2, -0.15) is 0 Å². The molecule has 0 radical (unpaired) electrons. The number of carbonyl (C=O) groups excluding carboxylic acids is 1. The summed E-state index contributed by atoms with van der Waals surface area (Å²) in [7, 11) is 0. The number of carbonyl (C=O) groups is 1. The second-order valence-electron chi connectivity index (χ2n) is 6.42. The van der Waals surface area contributed by atoms with Crippen LogP contribution in [0.5, 0.6) is 0 Å². The minimum atomic E-state index is 0. The number of nitrogens with zero attached hydrogens (tertiary/aromatic N) is 1. The molecule has 2 rings (SSSR count). The fourth-order valence-corrected chi connectivity index (χ4v) is 2.89. The van der Waals surface area contributed by atoms with Gasteiger partial charge in [0.1, 0.15) is 0 Å². The summed E-state index contributed by atoms with van der Waals surface area (Å²) in [6, 6.07) is 7.51. The van der Waals surface area contributed by atoms with E-state index in [1.54, 1.807) is 0 Å². The van der Waals surface area contributed by atoms with Crippen LogP contribution < -0.4 is 11.1 Å². The fourth-order valence-electron chi connectivity index (χ4n) is 2.89. The van der Waals surface area contributed by atoms with Crippen molar-refractivity contribution in [3.8, 4) is 0 Å². The first-order chi connectivity index (χ1) is 10.1. The molecule has 1 heterocycles. The first-order valence-electron chi connectivity index (χ1n) is 7.88. The zero-order valence-corrected chi connectivity index (χ0v) is 14.4. The Kier molecular flexibility index (Phi) is 7.87. The van der Waals surface area contributed by atoms with Gasteiger partial charge in [0.25, 0.3) is 5.91 Å². The first kappa shape index (κ1) is 18.9. The highest BCUT2D eigenvalue weighted by Crippen LogP contribution is 2.16. The number of halogens is 1. The van der Waals surface area contributed by atoms with Crippen LogP contribution in [0.2, 0.25) is 0 Å². The minimum Gasteiger partial charge on any atom is -0.352 e. The molecule has 0 aliphatic carbocycles. The van der Waals surface area contributed by atoms with Crippen molar-refractivity contribution in [1.82, 2.24) is 10.2 Å². The normalized spacial score (nSPS) is 18.3. The summed E-state index contributed by atoms with van der Waals surface area (Å²) < 4.78 is 0. The van der Waals surface area contributed by atoms with Gasteiger partial charge in [0, 0.05) is 31.7 Å². The van der Waals surface area contributed by atoms with Crippen molar-refractivity contribution in [2.24, 2.45) is 17.6 Å². The third-order valence-electron chi connectivity index (χ3n) is 4.00. The van der Waals surface area contributed by atoms with Crippen molar-refractivity contribution in [3.05, 3.63) is 35.4 Å². The molecule has 1 amide bonds. The van der Waals surface area contributed by atoms with Gasteiger partial charge >= 0.3 is 0 Å². The van der Waals surface area contributed by atoms with Crippen LogP contribution in [-0.4, -0.2) is 37.0 Å². The Morgan fingerprint density at radius 3 is 2.64 bits per heavy atom. The van der Waals surface area contributed by atoms with E-state index in [9.17, 15) is 4.79 Å². The molecule has 124 valence electrons. The molecule has 22 heavy (non-hydrogen) atoms. The number of benzene rings is 1. The van der Waals surface area contributed by atoms with E-state index in [0.717, 1.165) is 31.7 Å². The van der Waals surface area contributed by atoms with Crippen LogP contribution in [0.1, 0.15) is 36.2 Å². The number of hydrogen-bond acceptors (Lipinski definition) is 3. The zero-order valence-electron chi connectivity index (χ0n) is 13.5. The van der Waals surface area contributed by atoms with Crippen molar-refractivity contribution in [2.75, 3.05) is 26.2 Å². The summed E-state index contributed by atoms with van der Waals surface area (Å²) in [5, 5.41) is 3.06. The lowest BCUT2D eigenvalue weighted by Crippen LogP contribution is -2.31. The lowest BCUT2D eigenvalue weighted by atomic mass is 10.1. The molecular weight excluding hydrogens is 298 g/mol. The summed E-state index contributed by atoms with van der Waals surface area (Å²) in [4.78, 5) is 14.6. The number of nitrogens with one attached hydrogen (secondary N) is 1. The molecule has 1 unspecified atom stereocenters. The molecule has 1 aliphatic heterocycles. The SMILES string of the molecule is CC(C)CN1CCC(CNC(=O)c2ccc(CN)cc2)C1.Cl. The van der Waals surface area contributed by atoms with Gasteiger partial charge in [-0.25, -0.2) is 0 Å². The largest absolute Gasteiger partial charge is 0.352 e. The van der Waals surface area contributed by atoms with Crippen molar-refractivity contribution in [3.63, 3.8) is 0 Å². The molecule has 0 aromatic heterocycles. The molecule has 4 nitrogen and oxygen atoms in total. The maximum Gasteiger partial charge on any atom is 0.251 e. The highest BCUT2D eigenvalue weighted by Gasteiger charge is 2.23. The summed E-state index contributed by atoms with van der Waals surface area (Å²) >= 11 is 0. The van der Waals surface area contributed by atoms with Gasteiger partial charge in [-0.15, -0.1) is 12.4 Å². The van der Waals surface area contributed by atoms with E-state index in [1.165, 1.54) is 6.42 Å². The number of amides is 1. The summed E-state index contributed by atoms with van der Waals surface area (Å²) in [6.45, 7) is 9.20. The fraction of sp³-hybridized carbons (Fsp3) is 0.588. The average molecular weight is 326 g/mol. The molecule has 1 aliphatic rings. The van der Waals surface area contributed by atoms with Crippen LogP contribution in [-0.2, 0) is 6.54 Å². The van der Waals surface area contributed by atoms with Gasteiger partial charge in [0.05, 0.1) is 0 Å². The van der Waals surface area contributed by atoms with Gasteiger partial charge in [-0.3, -0.25) is 4.79 Å². The van der Waals surface area contributed by atoms with Gasteiger partial charge in [-0.1, -0.05) is 26.0 Å². The van der Waals surface area contributed by atoms with E-state index in [4.69, 9.17) is 5.73 Å². The molecule has 0 bridgehead atoms. The highest BCUT2D eigenvalue weighted by molar-refractivity contribution is 5.94. The van der Waals surface area contributed by atoms with Gasteiger partial charge < -0.3 is 16.0 Å². The van der Waals surface area contributed by atoms with E-state index >= 15 is 0 Å². The molecule has 1 fully saturated rings. The number of nitrogens with two attached hydrogens (primary N) is 1. The van der Waals surface area contributed by atoms with Crippen molar-refractivity contribution < 1.29 is 4.79 Å². The van der Waals surface area contributed by atoms with Crippen LogP contribution in [0.25, 0.3) is 0 Å². The van der Waals surface area contributed by atoms with Gasteiger partial charge in [-0.05, 0) is 42.5 Å². The summed E-state index contributed by atoms with van der Waals surface area (Å²) in [5.74, 6) is 1.30. The van der Waals surface area contributed by atoms with Crippen LogP contribution in [0.15, 0.2) is 24.3 Å². The van der Waals surface area contributed by atoms with E-state index < -0.39 is 0 Å². The first-order valence-corrected chi connectivity index (χ1v) is 7.88. The number of hydrogen-bond donors (Lipinski definition) is 2. The molecule has 1 aromatic carbocycles. The molecule has 1 aromatic rings. The zero-order chi connectivity index (χ0) is 15.2. The van der Waals surface area contributed by atoms with E-state index in [0.29, 0.717) is 23.9 Å². The van der Waals surface area contributed by atoms with Gasteiger partial charge in [0.2, 0.25) is 0 Å². The lowest BCUT2D eigenvalue weighted by Gasteiger charge is -2.18. The topological polar surface area (TPSA) is 58.4 Å². The summed E-state index contributed by atoms with van der Waals surface area (Å²) in [6.07, 6.45) is 1.18. The summed E-state index contributed by atoms with van der Waals surface area (Å²) in [5.41, 5.74) is 7.32. The van der Waals surface area contributed by atoms with E-state index in [1.807, 2.05) is 24.3 Å². The predicted octanol–water partition coefficient (Wildman–Crippen LogP) is 2.27. The van der Waals surface area contributed by atoms with Gasteiger partial charge in [0.15, 0.2) is 0 Å². The molecule has 3 N–H and O–H groups in total. The Hall–Kier alpha value is -1.10. The molecule has 1 saturated heterocycles. The highest BCUT2D eigenvalue weighted by atomic mass is 35.5. The average Bonchev–Trinajstić information content (AvgIpc) is 2.91. The Balaban J connectivity index is 0.00000242. The Morgan fingerprint density at radius 2 is 2.05 bits per heavy atom. The molecule has 0 saturated carbocycles. The van der Waals surface area contributed by atoms with Crippen molar-refractivity contribution in [2.45, 2.75) is 26.8 Å². The predicted molar refractivity (Wildman–Crippen MR) is 93.3 cm³/mol. The van der Waals surface area contributed by atoms with Crippen LogP contribution in [0.3, 0.4) is 0 Å². The maximum atomic E-state index is 12.1. The van der Waals surface area contributed by atoms with E-state index in [2.05, 4.69) is 24.1 Å². The number of likely N-dealkylation sites (tertiary alicyclic amines) is 1. The third-order valence-corrected chi connectivity index (χ3v) is 4.00. The van der Waals surface area contributed by atoms with Crippen LogP contribution in [0.4, 0.5) is 0 Å². The quantitative estimate of drug-likeness (QED) is 0.843. The molecular formula is C17H28ClN3O. The number of rotatable bonds is 6. The standard InChI is InChI=1S/C17H27N3O.ClH/c1-13(2)11-20-8-7-15(12-20)10-19-17(21)16-5-3-14(9-18)4-6-16;/h3-6,13,15H,7-12,18H2,1-2H3,(H,19,21);1H. The van der Waals surface area contributed by atoms with E-state index in [-0.39, 0.29) is 18.3 Å². The van der Waals surface area contributed by atoms with Crippen LogP contribution in [0, 0.1) is 11.8 Å². The smallest absolute Gasteiger partial charge is 0.251 e. The lowest BCUT2D eigenvalue weighted by molar-refractivity contribution is 0.0947. The van der Waals surface area contributed by atoms with Crippen molar-refractivity contribution in [1.29, 1.82) is 0 Å². The Morgan fingerprint density at radius 1 is 1.36 bits per heavy atom. The molecule has 1 atom stereocenters. The molecule has 0 spiro atoms. The van der Waals surface area contributed by atoms with Crippen LogP contribution >= 0.6 is 12.4 Å². The second-order valence-corrected chi connectivity index (χ2v) is 6.42. The Labute approximate surface area is 139 Å². The third kappa shape index (κ3) is 5.59. The minimum absolute atomic E-state index is 0. The molecule has 5 heteroatoms.